The first-order valence-corrected chi connectivity index (χ1v) is 4.23. The average Bonchev–Trinajstić information content (AvgIpc) is 2.16. The van der Waals surface area contributed by atoms with Crippen molar-refractivity contribution in [1.29, 1.82) is 0 Å². The van der Waals surface area contributed by atoms with Gasteiger partial charge in [0.15, 0.2) is 0 Å². The van der Waals surface area contributed by atoms with E-state index in [1.165, 1.54) is 13.8 Å². The van der Waals surface area contributed by atoms with Gasteiger partial charge in [0.25, 0.3) is 0 Å². The van der Waals surface area contributed by atoms with Crippen molar-refractivity contribution in [3.8, 4) is 0 Å². The van der Waals surface area contributed by atoms with Gasteiger partial charge in [-0.1, -0.05) is 5.16 Å². The molecule has 0 spiro atoms. The maximum atomic E-state index is 11.2. The molecule has 7 heteroatoms. The summed E-state index contributed by atoms with van der Waals surface area (Å²) in [6.45, 7) is 4.44. The van der Waals surface area contributed by atoms with Gasteiger partial charge < -0.3 is 9.94 Å². The number of hydrogen-bond acceptors (Lipinski definition) is 6. The van der Waals surface area contributed by atoms with Crippen molar-refractivity contribution in [1.82, 2.24) is 5.43 Å². The molecule has 0 aliphatic heterocycles. The lowest BCUT2D eigenvalue weighted by Gasteiger charge is -2.03. The molecule has 0 heterocycles. The van der Waals surface area contributed by atoms with Crippen LogP contribution in [0.1, 0.15) is 20.8 Å². The van der Waals surface area contributed by atoms with Crippen LogP contribution in [0.25, 0.3) is 0 Å². The molecule has 0 aliphatic carbocycles. The molecule has 7 nitrogen and oxygen atoms in total. The molecule has 0 saturated heterocycles. The second kappa shape index (κ2) is 6.52. The van der Waals surface area contributed by atoms with Gasteiger partial charge in [-0.25, -0.2) is 10.2 Å². The van der Waals surface area contributed by atoms with Gasteiger partial charge in [-0.3, -0.25) is 4.79 Å². The number of hydrogen-bond donors (Lipinski definition) is 2. The molecular weight excluding hydrogens is 202 g/mol. The quantitative estimate of drug-likeness (QED) is 0.296. The Labute approximate surface area is 86.8 Å². The number of rotatable bonds is 4. The van der Waals surface area contributed by atoms with Gasteiger partial charge in [-0.2, -0.15) is 5.10 Å². The summed E-state index contributed by atoms with van der Waals surface area (Å²) in [5.74, 6) is -1.19. The number of nitrogens with one attached hydrogen (secondary N) is 1. The molecule has 0 aromatic rings. The Morgan fingerprint density at radius 3 is 2.40 bits per heavy atom. The summed E-state index contributed by atoms with van der Waals surface area (Å²) in [6, 6.07) is 0. The first kappa shape index (κ1) is 13.1. The van der Waals surface area contributed by atoms with Crippen LogP contribution in [0.15, 0.2) is 10.3 Å². The van der Waals surface area contributed by atoms with Gasteiger partial charge in [0.2, 0.25) is 11.6 Å². The van der Waals surface area contributed by atoms with Crippen LogP contribution < -0.4 is 5.43 Å². The third-order valence-corrected chi connectivity index (χ3v) is 1.29. The Balaban J connectivity index is 4.62. The van der Waals surface area contributed by atoms with Gasteiger partial charge in [0.05, 0.1) is 12.3 Å². The summed E-state index contributed by atoms with van der Waals surface area (Å²) in [6.07, 6.45) is 0. The zero-order chi connectivity index (χ0) is 11.8. The molecule has 0 rings (SSSR count). The van der Waals surface area contributed by atoms with Crippen LogP contribution in [-0.4, -0.2) is 35.1 Å². The van der Waals surface area contributed by atoms with Gasteiger partial charge >= 0.3 is 5.97 Å². The minimum atomic E-state index is -0.799. The second-order valence-electron chi connectivity index (χ2n) is 2.53. The molecule has 0 bridgehead atoms. The highest BCUT2D eigenvalue weighted by molar-refractivity contribution is 6.65. The van der Waals surface area contributed by atoms with E-state index in [2.05, 4.69) is 20.4 Å². The molecule has 0 atom stereocenters. The normalized spacial score (nSPS) is 12.2. The number of esters is 1. The molecule has 15 heavy (non-hydrogen) atoms. The molecule has 1 amide bonds. The zero-order valence-electron chi connectivity index (χ0n) is 8.77. The number of nitrogens with zero attached hydrogens (tertiary/aromatic N) is 2. The molecule has 0 aromatic carbocycles. The van der Waals surface area contributed by atoms with Crippen molar-refractivity contribution in [3.63, 3.8) is 0 Å². The molecule has 0 aliphatic rings. The number of carbonyl (C=O) groups is 2. The Hall–Kier alpha value is -1.92. The summed E-state index contributed by atoms with van der Waals surface area (Å²) in [7, 11) is 0. The van der Waals surface area contributed by atoms with E-state index in [4.69, 9.17) is 5.21 Å². The summed E-state index contributed by atoms with van der Waals surface area (Å²) in [4.78, 5) is 21.7. The van der Waals surface area contributed by atoms with Gasteiger partial charge in [0.1, 0.15) is 0 Å². The van der Waals surface area contributed by atoms with Crippen LogP contribution in [0, 0.1) is 0 Å². The fraction of sp³-hybridized carbons (Fsp3) is 0.500. The molecule has 84 valence electrons. The summed E-state index contributed by atoms with van der Waals surface area (Å²) in [5.41, 5.74) is 1.83. The highest BCUT2D eigenvalue weighted by Crippen LogP contribution is 1.89. The van der Waals surface area contributed by atoms with E-state index in [0.717, 1.165) is 0 Å². The van der Waals surface area contributed by atoms with Crippen LogP contribution in [0.2, 0.25) is 0 Å². The van der Waals surface area contributed by atoms with Crippen molar-refractivity contribution in [3.05, 3.63) is 0 Å². The molecule has 0 aromatic heterocycles. The number of carbonyl (C=O) groups excluding carboxylic acids is 2. The third-order valence-electron chi connectivity index (χ3n) is 1.29. The highest BCUT2D eigenvalue weighted by Gasteiger charge is 2.17. The molecule has 2 N–H and O–H groups in total. The maximum Gasteiger partial charge on any atom is 0.362 e. The molecular formula is C8H13N3O4. The van der Waals surface area contributed by atoms with E-state index in [1.54, 1.807) is 6.92 Å². The van der Waals surface area contributed by atoms with Gasteiger partial charge in [-0.05, 0) is 13.8 Å². The summed E-state index contributed by atoms with van der Waals surface area (Å²) >= 11 is 0. The predicted octanol–water partition coefficient (Wildman–Crippen LogP) is -0.108. The van der Waals surface area contributed by atoms with Crippen molar-refractivity contribution in [2.45, 2.75) is 20.8 Å². The largest absolute Gasteiger partial charge is 0.461 e. The fourth-order valence-electron chi connectivity index (χ4n) is 0.676. The topological polar surface area (TPSA) is 100 Å². The van der Waals surface area contributed by atoms with E-state index >= 15 is 0 Å². The van der Waals surface area contributed by atoms with Gasteiger partial charge in [0, 0.05) is 6.92 Å². The molecule has 0 saturated carbocycles. The van der Waals surface area contributed by atoms with Crippen molar-refractivity contribution in [2.75, 3.05) is 6.61 Å². The first-order valence-electron chi connectivity index (χ1n) is 4.23. The lowest BCUT2D eigenvalue weighted by Crippen LogP contribution is -2.27. The van der Waals surface area contributed by atoms with E-state index in [-0.39, 0.29) is 18.0 Å². The smallest absolute Gasteiger partial charge is 0.362 e. The molecule has 0 fully saturated rings. The van der Waals surface area contributed by atoms with Crippen molar-refractivity contribution < 1.29 is 19.5 Å². The van der Waals surface area contributed by atoms with E-state index in [9.17, 15) is 9.59 Å². The fourth-order valence-corrected chi connectivity index (χ4v) is 0.676. The molecule has 0 unspecified atom stereocenters. The molecule has 0 radical (unpaired) electrons. The van der Waals surface area contributed by atoms with Crippen molar-refractivity contribution in [2.24, 2.45) is 10.3 Å². The first-order chi connectivity index (χ1) is 7.02. The van der Waals surface area contributed by atoms with Crippen LogP contribution in [0.5, 0.6) is 0 Å². The highest BCUT2D eigenvalue weighted by atomic mass is 16.5. The zero-order valence-corrected chi connectivity index (χ0v) is 8.77. The SMILES string of the molecule is CCOC(=O)C(=N\O)/C(C)=N\NC(C)=O. The third kappa shape index (κ3) is 4.75. The maximum absolute atomic E-state index is 11.2. The lowest BCUT2D eigenvalue weighted by atomic mass is 10.2. The second-order valence-corrected chi connectivity index (χ2v) is 2.53. The Morgan fingerprint density at radius 2 is 2.00 bits per heavy atom. The van der Waals surface area contributed by atoms with Crippen LogP contribution in [0.3, 0.4) is 0 Å². The Morgan fingerprint density at radius 1 is 1.40 bits per heavy atom. The number of amides is 1. The van der Waals surface area contributed by atoms with E-state index < -0.39 is 11.9 Å². The summed E-state index contributed by atoms with van der Waals surface area (Å²) in [5, 5.41) is 14.8. The van der Waals surface area contributed by atoms with E-state index in [1.807, 2.05) is 0 Å². The van der Waals surface area contributed by atoms with Crippen LogP contribution in [0.4, 0.5) is 0 Å². The monoisotopic (exact) mass is 215 g/mol. The summed E-state index contributed by atoms with van der Waals surface area (Å²) < 4.78 is 4.60. The van der Waals surface area contributed by atoms with Crippen LogP contribution in [-0.2, 0) is 14.3 Å². The standard InChI is InChI=1S/C8H13N3O4/c1-4-15-8(13)7(11-14)5(2)9-10-6(3)12/h14H,4H2,1-3H3,(H,10,12)/b9-5-,11-7-. The Kier molecular flexibility index (Phi) is 5.69. The number of hydrazone groups is 1. The average molecular weight is 215 g/mol. The number of ether oxygens (including phenoxy) is 1. The van der Waals surface area contributed by atoms with Crippen molar-refractivity contribution >= 4 is 23.3 Å². The van der Waals surface area contributed by atoms with Gasteiger partial charge in [-0.15, -0.1) is 0 Å². The number of oxime groups is 1. The van der Waals surface area contributed by atoms with Crippen LogP contribution >= 0.6 is 0 Å². The minimum absolute atomic E-state index is 0.0613. The lowest BCUT2D eigenvalue weighted by molar-refractivity contribution is -0.135. The Bertz CT molecular complexity index is 309. The predicted molar refractivity (Wildman–Crippen MR) is 52.8 cm³/mol. The minimum Gasteiger partial charge on any atom is -0.461 e. The van der Waals surface area contributed by atoms with E-state index in [0.29, 0.717) is 0 Å².